The molecule has 2 aliphatic heterocycles. The molecule has 190 valence electrons. The number of aromatic nitrogens is 1. The highest BCUT2D eigenvalue weighted by atomic mass is 32.1. The van der Waals surface area contributed by atoms with Crippen LogP contribution in [0.4, 0.5) is 0 Å². The Balaban J connectivity index is 1.81. The highest BCUT2D eigenvalue weighted by molar-refractivity contribution is 7.09. The number of carbonyl (C=O) groups is 2. The van der Waals surface area contributed by atoms with Crippen LogP contribution in [0.3, 0.4) is 0 Å². The minimum Gasteiger partial charge on any atom is -0.458 e. The molecule has 2 N–H and O–H groups in total. The first-order chi connectivity index (χ1) is 15.9. The van der Waals surface area contributed by atoms with E-state index in [4.69, 9.17) is 9.47 Å². The lowest BCUT2D eigenvalue weighted by atomic mass is 9.73. The Bertz CT molecular complexity index is 909. The molecule has 1 aromatic heterocycles. The van der Waals surface area contributed by atoms with Crippen molar-refractivity contribution in [3.8, 4) is 0 Å². The molecular weight excluding hydrogens is 454 g/mol. The van der Waals surface area contributed by atoms with E-state index >= 15 is 0 Å². The molecule has 3 rings (SSSR count). The monoisotopic (exact) mass is 493 g/mol. The second-order valence-electron chi connectivity index (χ2n) is 10.6. The second-order valence-corrected chi connectivity index (χ2v) is 11.7. The summed E-state index contributed by atoms with van der Waals surface area (Å²) in [4.78, 5) is 30.5. The molecule has 0 aromatic carbocycles. The molecule has 34 heavy (non-hydrogen) atoms. The first-order valence-electron chi connectivity index (χ1n) is 12.3. The predicted octanol–water partition coefficient (Wildman–Crippen LogP) is 4.09. The lowest BCUT2D eigenvalue weighted by Gasteiger charge is -2.34. The van der Waals surface area contributed by atoms with Crippen molar-refractivity contribution in [3.05, 3.63) is 21.7 Å². The number of carbonyl (C=O) groups excluding carboxylic acids is 2. The molecule has 2 fully saturated rings. The Hall–Kier alpha value is -1.61. The Morgan fingerprint density at radius 2 is 1.91 bits per heavy atom. The third-order valence-electron chi connectivity index (χ3n) is 7.41. The average molecular weight is 494 g/mol. The van der Waals surface area contributed by atoms with Gasteiger partial charge in [0.05, 0.1) is 47.0 Å². The number of Topliss-reactive ketones (excluding diaryl/α,β-unsaturated/α-hetero) is 1. The van der Waals surface area contributed by atoms with E-state index in [0.717, 1.165) is 35.5 Å². The van der Waals surface area contributed by atoms with Crippen LogP contribution in [0.5, 0.6) is 0 Å². The number of epoxide rings is 1. The Kier molecular flexibility index (Phi) is 8.71. The summed E-state index contributed by atoms with van der Waals surface area (Å²) in [6, 6.07) is 0. The fraction of sp³-hybridized carbons (Fsp3) is 0.731. The van der Waals surface area contributed by atoms with E-state index < -0.39 is 35.6 Å². The minimum absolute atomic E-state index is 0.00770. The van der Waals surface area contributed by atoms with Gasteiger partial charge in [-0.3, -0.25) is 9.59 Å². The molecule has 0 saturated carbocycles. The van der Waals surface area contributed by atoms with Crippen LogP contribution in [0.25, 0.3) is 6.08 Å². The van der Waals surface area contributed by atoms with Crippen LogP contribution in [-0.2, 0) is 19.1 Å². The van der Waals surface area contributed by atoms with Crippen molar-refractivity contribution < 1.29 is 29.3 Å². The summed E-state index contributed by atoms with van der Waals surface area (Å²) in [5.74, 6) is -1.52. The molecule has 3 heterocycles. The Morgan fingerprint density at radius 1 is 1.21 bits per heavy atom. The summed E-state index contributed by atoms with van der Waals surface area (Å²) < 4.78 is 11.7. The summed E-state index contributed by atoms with van der Waals surface area (Å²) in [6.07, 6.45) is 2.28. The standard InChI is InChI=1S/C26H39NO6S/c1-14-8-7-9-19-21(32-19)11-20(15(2)10-18-13-34-17(4)27-18)33-23(29)12-22(28)26(5,6)25(31)16(3)24(14)30/h10,13-14,16,19-22,24,28,30H,7-9,11-12H2,1-6H3/t14-,16+,19-,20?,21?,22-,24-/m0/s1. The van der Waals surface area contributed by atoms with Crippen LogP contribution in [-0.4, -0.2) is 57.5 Å². The van der Waals surface area contributed by atoms with Crippen LogP contribution >= 0.6 is 11.3 Å². The fourth-order valence-corrected chi connectivity index (χ4v) is 5.35. The van der Waals surface area contributed by atoms with Crippen LogP contribution in [0.15, 0.2) is 11.0 Å². The molecular formula is C26H39NO6S. The number of esters is 1. The number of aryl methyl sites for hydroxylation is 1. The smallest absolute Gasteiger partial charge is 0.309 e. The Labute approximate surface area is 206 Å². The molecule has 7 atom stereocenters. The van der Waals surface area contributed by atoms with E-state index in [-0.39, 0.29) is 30.3 Å². The van der Waals surface area contributed by atoms with E-state index in [9.17, 15) is 19.8 Å². The van der Waals surface area contributed by atoms with Crippen molar-refractivity contribution in [3.63, 3.8) is 0 Å². The normalized spacial score (nSPS) is 36.0. The van der Waals surface area contributed by atoms with E-state index in [2.05, 4.69) is 4.98 Å². The molecule has 0 radical (unpaired) electrons. The van der Waals surface area contributed by atoms with Crippen molar-refractivity contribution in [1.82, 2.24) is 4.98 Å². The summed E-state index contributed by atoms with van der Waals surface area (Å²) in [5.41, 5.74) is 0.494. The van der Waals surface area contributed by atoms with Gasteiger partial charge in [-0.25, -0.2) is 4.98 Å². The van der Waals surface area contributed by atoms with Gasteiger partial charge in [0.1, 0.15) is 11.9 Å². The van der Waals surface area contributed by atoms with Gasteiger partial charge in [-0.2, -0.15) is 0 Å². The maximum Gasteiger partial charge on any atom is 0.309 e. The zero-order chi connectivity index (χ0) is 25.2. The molecule has 0 amide bonds. The third kappa shape index (κ3) is 6.53. The number of hydrogen-bond donors (Lipinski definition) is 2. The second kappa shape index (κ2) is 11.0. The zero-order valence-corrected chi connectivity index (χ0v) is 21.9. The first-order valence-corrected chi connectivity index (χ1v) is 13.1. The summed E-state index contributed by atoms with van der Waals surface area (Å²) >= 11 is 1.56. The average Bonchev–Trinajstić information content (AvgIpc) is 3.38. The van der Waals surface area contributed by atoms with E-state index in [0.29, 0.717) is 6.42 Å². The maximum atomic E-state index is 13.2. The van der Waals surface area contributed by atoms with Crippen molar-refractivity contribution in [2.45, 2.75) is 104 Å². The molecule has 2 unspecified atom stereocenters. The number of nitrogens with zero attached hydrogens (tertiary/aromatic N) is 1. The molecule has 7 nitrogen and oxygen atoms in total. The quantitative estimate of drug-likeness (QED) is 0.472. The van der Waals surface area contributed by atoms with Gasteiger partial charge >= 0.3 is 5.97 Å². The van der Waals surface area contributed by atoms with Gasteiger partial charge in [0.25, 0.3) is 0 Å². The SMILES string of the molecule is CC(=Cc1csc(C)n1)C1CC2O[C@H]2CCC[C@H](C)[C@H](O)[C@@H](C)C(=O)C(C)(C)[C@@H](O)CC(=O)O1. The molecule has 0 spiro atoms. The van der Waals surface area contributed by atoms with Crippen LogP contribution < -0.4 is 0 Å². The first kappa shape index (κ1) is 27.0. The fourth-order valence-electron chi connectivity index (χ4n) is 4.78. The van der Waals surface area contributed by atoms with Gasteiger partial charge in [-0.1, -0.05) is 34.1 Å². The highest BCUT2D eigenvalue weighted by Gasteiger charge is 2.44. The number of ketones is 1. The van der Waals surface area contributed by atoms with E-state index in [1.807, 2.05) is 32.2 Å². The lowest BCUT2D eigenvalue weighted by molar-refractivity contribution is -0.154. The van der Waals surface area contributed by atoms with E-state index in [1.54, 1.807) is 32.1 Å². The number of aliphatic hydroxyl groups is 2. The van der Waals surface area contributed by atoms with Crippen molar-refractivity contribution >= 4 is 29.2 Å². The summed E-state index contributed by atoms with van der Waals surface area (Å²) in [5, 5.41) is 24.5. The van der Waals surface area contributed by atoms with Crippen molar-refractivity contribution in [1.29, 1.82) is 0 Å². The van der Waals surface area contributed by atoms with Crippen LogP contribution in [0.2, 0.25) is 0 Å². The molecule has 1 aromatic rings. The van der Waals surface area contributed by atoms with Gasteiger partial charge in [-0.15, -0.1) is 11.3 Å². The van der Waals surface area contributed by atoms with Gasteiger partial charge < -0.3 is 19.7 Å². The number of fused-ring (bicyclic) bond motifs is 1. The number of ether oxygens (including phenoxy) is 2. The molecule has 0 bridgehead atoms. The lowest BCUT2D eigenvalue weighted by Crippen LogP contribution is -2.45. The minimum atomic E-state index is -1.22. The van der Waals surface area contributed by atoms with Gasteiger partial charge in [-0.05, 0) is 44.3 Å². The largest absolute Gasteiger partial charge is 0.458 e. The number of thiazole rings is 1. The molecule has 8 heteroatoms. The van der Waals surface area contributed by atoms with E-state index in [1.165, 1.54) is 0 Å². The van der Waals surface area contributed by atoms with Crippen molar-refractivity contribution in [2.75, 3.05) is 0 Å². The molecule has 2 aliphatic rings. The van der Waals surface area contributed by atoms with Gasteiger partial charge in [0.2, 0.25) is 0 Å². The zero-order valence-electron chi connectivity index (χ0n) is 21.1. The van der Waals surface area contributed by atoms with Crippen LogP contribution in [0, 0.1) is 24.2 Å². The number of cyclic esters (lactones) is 1. The van der Waals surface area contributed by atoms with Gasteiger partial charge in [0.15, 0.2) is 0 Å². The topological polar surface area (TPSA) is 109 Å². The Morgan fingerprint density at radius 3 is 2.56 bits per heavy atom. The number of rotatable bonds is 2. The molecule has 2 saturated heterocycles. The number of hydrogen-bond acceptors (Lipinski definition) is 8. The predicted molar refractivity (Wildman–Crippen MR) is 131 cm³/mol. The third-order valence-corrected chi connectivity index (χ3v) is 8.20. The summed E-state index contributed by atoms with van der Waals surface area (Å²) in [6.45, 7) is 10.8. The summed E-state index contributed by atoms with van der Waals surface area (Å²) in [7, 11) is 0. The molecule has 0 aliphatic carbocycles. The number of aliphatic hydroxyl groups excluding tert-OH is 2. The maximum absolute atomic E-state index is 13.2. The van der Waals surface area contributed by atoms with Crippen LogP contribution in [0.1, 0.15) is 77.4 Å². The van der Waals surface area contributed by atoms with Gasteiger partial charge in [0, 0.05) is 17.7 Å². The van der Waals surface area contributed by atoms with Crippen molar-refractivity contribution in [2.24, 2.45) is 17.3 Å². The highest BCUT2D eigenvalue weighted by Crippen LogP contribution is 2.36.